The van der Waals surface area contributed by atoms with Crippen LogP contribution >= 0.6 is 0 Å². The van der Waals surface area contributed by atoms with Gasteiger partial charge in [0.1, 0.15) is 5.75 Å². The number of nitrogens with two attached hydrogens (primary N) is 1. The van der Waals surface area contributed by atoms with Crippen LogP contribution in [0.4, 0.5) is 5.69 Å². The summed E-state index contributed by atoms with van der Waals surface area (Å²) in [6.45, 7) is 0.415. The standard InChI is InChI=1S/C19H17N3O2/c20-13-14-9-10-21-18(11-14)24-17-8-4-5-15(12-17)19(23)22-16-6-2-1-3-7-16/h1-12H,13,20H2,(H,22,23). The lowest BCUT2D eigenvalue weighted by Crippen LogP contribution is -2.11. The zero-order valence-electron chi connectivity index (χ0n) is 13.0. The molecule has 1 aromatic heterocycles. The average molecular weight is 319 g/mol. The first-order valence-corrected chi connectivity index (χ1v) is 7.54. The third-order valence-electron chi connectivity index (χ3n) is 3.39. The molecule has 3 N–H and O–H groups in total. The van der Waals surface area contributed by atoms with E-state index in [1.165, 1.54) is 0 Å². The number of ether oxygens (including phenoxy) is 1. The number of anilines is 1. The molecule has 120 valence electrons. The first-order chi connectivity index (χ1) is 11.7. The number of hydrogen-bond donors (Lipinski definition) is 2. The first-order valence-electron chi connectivity index (χ1n) is 7.54. The van der Waals surface area contributed by atoms with Gasteiger partial charge in [0.25, 0.3) is 5.91 Å². The minimum absolute atomic E-state index is 0.199. The van der Waals surface area contributed by atoms with Gasteiger partial charge in [-0.2, -0.15) is 0 Å². The minimum Gasteiger partial charge on any atom is -0.439 e. The Balaban J connectivity index is 1.75. The van der Waals surface area contributed by atoms with Crippen LogP contribution in [0, 0.1) is 0 Å². The molecule has 5 heteroatoms. The zero-order chi connectivity index (χ0) is 16.8. The Hall–Kier alpha value is -3.18. The number of para-hydroxylation sites is 1. The molecule has 3 aromatic rings. The van der Waals surface area contributed by atoms with Crippen LogP contribution in [0.2, 0.25) is 0 Å². The summed E-state index contributed by atoms with van der Waals surface area (Å²) in [7, 11) is 0. The van der Waals surface area contributed by atoms with Crippen LogP contribution in [-0.4, -0.2) is 10.9 Å². The maximum Gasteiger partial charge on any atom is 0.255 e. The number of benzene rings is 2. The molecule has 0 saturated carbocycles. The van der Waals surface area contributed by atoms with E-state index < -0.39 is 0 Å². The highest BCUT2D eigenvalue weighted by Gasteiger charge is 2.08. The highest BCUT2D eigenvalue weighted by atomic mass is 16.5. The van der Waals surface area contributed by atoms with E-state index >= 15 is 0 Å². The van der Waals surface area contributed by atoms with Crippen molar-refractivity contribution in [2.75, 3.05) is 5.32 Å². The van der Waals surface area contributed by atoms with Crippen molar-refractivity contribution >= 4 is 11.6 Å². The van der Waals surface area contributed by atoms with Gasteiger partial charge in [0.15, 0.2) is 0 Å². The van der Waals surface area contributed by atoms with Gasteiger partial charge in [0, 0.05) is 30.1 Å². The normalized spacial score (nSPS) is 10.2. The van der Waals surface area contributed by atoms with Crippen LogP contribution in [0.15, 0.2) is 72.9 Å². The van der Waals surface area contributed by atoms with Gasteiger partial charge in [-0.15, -0.1) is 0 Å². The van der Waals surface area contributed by atoms with E-state index in [1.54, 1.807) is 36.5 Å². The maximum atomic E-state index is 12.3. The van der Waals surface area contributed by atoms with Crippen molar-refractivity contribution in [1.29, 1.82) is 0 Å². The second-order valence-electron chi connectivity index (χ2n) is 5.16. The molecule has 3 rings (SSSR count). The Bertz CT molecular complexity index is 835. The van der Waals surface area contributed by atoms with Crippen LogP contribution in [0.5, 0.6) is 11.6 Å². The molecule has 5 nitrogen and oxygen atoms in total. The van der Waals surface area contributed by atoms with Crippen LogP contribution in [0.3, 0.4) is 0 Å². The van der Waals surface area contributed by atoms with Gasteiger partial charge in [-0.1, -0.05) is 24.3 Å². The Morgan fingerprint density at radius 1 is 1.04 bits per heavy atom. The summed E-state index contributed by atoms with van der Waals surface area (Å²) in [6.07, 6.45) is 1.64. The largest absolute Gasteiger partial charge is 0.439 e. The summed E-state index contributed by atoms with van der Waals surface area (Å²) in [6, 6.07) is 19.8. The molecule has 1 amide bonds. The molecule has 0 aliphatic rings. The van der Waals surface area contributed by atoms with E-state index in [4.69, 9.17) is 10.5 Å². The first kappa shape index (κ1) is 15.7. The minimum atomic E-state index is -0.199. The quantitative estimate of drug-likeness (QED) is 0.753. The van der Waals surface area contributed by atoms with Gasteiger partial charge >= 0.3 is 0 Å². The SMILES string of the molecule is NCc1ccnc(Oc2cccc(C(=O)Nc3ccccc3)c2)c1. The maximum absolute atomic E-state index is 12.3. The van der Waals surface area contributed by atoms with E-state index in [0.717, 1.165) is 11.3 Å². The molecule has 0 spiro atoms. The van der Waals surface area contributed by atoms with E-state index in [-0.39, 0.29) is 5.91 Å². The molecule has 2 aromatic carbocycles. The number of pyridine rings is 1. The highest BCUT2D eigenvalue weighted by molar-refractivity contribution is 6.04. The lowest BCUT2D eigenvalue weighted by atomic mass is 10.2. The lowest BCUT2D eigenvalue weighted by molar-refractivity contribution is 0.102. The van der Waals surface area contributed by atoms with E-state index in [1.807, 2.05) is 36.4 Å². The Morgan fingerprint density at radius 3 is 2.67 bits per heavy atom. The monoisotopic (exact) mass is 319 g/mol. The van der Waals surface area contributed by atoms with Crippen molar-refractivity contribution in [2.45, 2.75) is 6.54 Å². The van der Waals surface area contributed by atoms with E-state index in [0.29, 0.717) is 23.7 Å². The predicted molar refractivity (Wildman–Crippen MR) is 93.0 cm³/mol. The lowest BCUT2D eigenvalue weighted by Gasteiger charge is -2.08. The molecule has 1 heterocycles. The molecular formula is C19H17N3O2. The smallest absolute Gasteiger partial charge is 0.255 e. The Kier molecular flexibility index (Phi) is 4.84. The number of carbonyl (C=O) groups excluding carboxylic acids is 1. The Labute approximate surface area is 140 Å². The van der Waals surface area contributed by atoms with E-state index in [9.17, 15) is 4.79 Å². The molecule has 0 saturated heterocycles. The molecule has 0 radical (unpaired) electrons. The molecule has 0 aliphatic heterocycles. The van der Waals surface area contributed by atoms with Crippen LogP contribution in [0.25, 0.3) is 0 Å². The summed E-state index contributed by atoms with van der Waals surface area (Å²) < 4.78 is 5.72. The van der Waals surface area contributed by atoms with Crippen molar-refractivity contribution in [3.8, 4) is 11.6 Å². The fourth-order valence-corrected chi connectivity index (χ4v) is 2.18. The van der Waals surface area contributed by atoms with Gasteiger partial charge in [-0.25, -0.2) is 4.98 Å². The summed E-state index contributed by atoms with van der Waals surface area (Å²) in [5, 5.41) is 2.84. The molecule has 24 heavy (non-hydrogen) atoms. The van der Waals surface area contributed by atoms with Crippen LogP contribution in [0.1, 0.15) is 15.9 Å². The van der Waals surface area contributed by atoms with Crippen LogP contribution in [-0.2, 0) is 6.54 Å². The van der Waals surface area contributed by atoms with Crippen molar-refractivity contribution < 1.29 is 9.53 Å². The van der Waals surface area contributed by atoms with Crippen molar-refractivity contribution in [3.63, 3.8) is 0 Å². The number of nitrogens with zero attached hydrogens (tertiary/aromatic N) is 1. The third kappa shape index (κ3) is 3.97. The number of rotatable bonds is 5. The van der Waals surface area contributed by atoms with Gasteiger partial charge in [0.2, 0.25) is 5.88 Å². The summed E-state index contributed by atoms with van der Waals surface area (Å²) >= 11 is 0. The average Bonchev–Trinajstić information content (AvgIpc) is 2.63. The molecule has 0 atom stereocenters. The molecule has 0 unspecified atom stereocenters. The summed E-state index contributed by atoms with van der Waals surface area (Å²) in [5.41, 5.74) is 7.79. The summed E-state index contributed by atoms with van der Waals surface area (Å²) in [5.74, 6) is 0.784. The zero-order valence-corrected chi connectivity index (χ0v) is 13.0. The number of amides is 1. The molecule has 0 bridgehead atoms. The van der Waals surface area contributed by atoms with Crippen molar-refractivity contribution in [3.05, 3.63) is 84.1 Å². The van der Waals surface area contributed by atoms with Crippen molar-refractivity contribution in [2.24, 2.45) is 5.73 Å². The Morgan fingerprint density at radius 2 is 1.88 bits per heavy atom. The molecule has 0 fully saturated rings. The fourth-order valence-electron chi connectivity index (χ4n) is 2.18. The van der Waals surface area contributed by atoms with E-state index in [2.05, 4.69) is 10.3 Å². The topological polar surface area (TPSA) is 77.2 Å². The van der Waals surface area contributed by atoms with Crippen molar-refractivity contribution in [1.82, 2.24) is 4.98 Å². The molecule has 0 aliphatic carbocycles. The second kappa shape index (κ2) is 7.39. The number of carbonyl (C=O) groups is 1. The van der Waals surface area contributed by atoms with Gasteiger partial charge in [0.05, 0.1) is 0 Å². The second-order valence-corrected chi connectivity index (χ2v) is 5.16. The third-order valence-corrected chi connectivity index (χ3v) is 3.39. The number of aromatic nitrogens is 1. The number of hydrogen-bond acceptors (Lipinski definition) is 4. The molecular weight excluding hydrogens is 302 g/mol. The highest BCUT2D eigenvalue weighted by Crippen LogP contribution is 2.21. The predicted octanol–water partition coefficient (Wildman–Crippen LogP) is 3.58. The fraction of sp³-hybridized carbons (Fsp3) is 0.0526. The summed E-state index contributed by atoms with van der Waals surface area (Å²) in [4.78, 5) is 16.5. The van der Waals surface area contributed by atoms with Gasteiger partial charge in [-0.05, 0) is 42.0 Å². The van der Waals surface area contributed by atoms with Crippen LogP contribution < -0.4 is 15.8 Å². The number of nitrogens with one attached hydrogen (secondary N) is 1. The van der Waals surface area contributed by atoms with Gasteiger partial charge < -0.3 is 15.8 Å². The van der Waals surface area contributed by atoms with Gasteiger partial charge in [-0.3, -0.25) is 4.79 Å².